The average Bonchev–Trinajstić information content (AvgIpc) is 2.97. The van der Waals surface area contributed by atoms with Crippen LogP contribution in [0.5, 0.6) is 0 Å². The van der Waals surface area contributed by atoms with Crippen molar-refractivity contribution in [1.82, 2.24) is 10.2 Å². The van der Waals surface area contributed by atoms with E-state index in [0.717, 1.165) is 10.8 Å². The zero-order chi connectivity index (χ0) is 21.8. The van der Waals surface area contributed by atoms with E-state index in [0.29, 0.717) is 10.5 Å². The summed E-state index contributed by atoms with van der Waals surface area (Å²) in [5.74, 6) is -11.7. The highest BCUT2D eigenvalue weighted by molar-refractivity contribution is 6.07. The van der Waals surface area contributed by atoms with E-state index < -0.39 is 58.7 Å². The Bertz CT molecular complexity index is 1200. The minimum atomic E-state index is -2.31. The molecule has 154 valence electrons. The van der Waals surface area contributed by atoms with Crippen molar-refractivity contribution in [2.75, 3.05) is 0 Å². The number of fused-ring (bicyclic) bond motifs is 1. The summed E-state index contributed by atoms with van der Waals surface area (Å²) in [6.45, 7) is 0.287. The number of halogens is 5. The van der Waals surface area contributed by atoms with Gasteiger partial charge in [-0.25, -0.2) is 26.7 Å². The third-order valence-corrected chi connectivity index (χ3v) is 5.22. The van der Waals surface area contributed by atoms with Crippen LogP contribution < -0.4 is 5.32 Å². The molecule has 9 heteroatoms. The van der Waals surface area contributed by atoms with Crippen LogP contribution in [0.25, 0.3) is 10.8 Å². The highest BCUT2D eigenvalue weighted by Gasteiger charge is 2.49. The van der Waals surface area contributed by atoms with Crippen LogP contribution in [0.1, 0.15) is 18.1 Å². The molecule has 3 aromatic rings. The molecule has 4 rings (SSSR count). The highest BCUT2D eigenvalue weighted by atomic mass is 19.2. The predicted molar refractivity (Wildman–Crippen MR) is 96.6 cm³/mol. The van der Waals surface area contributed by atoms with E-state index in [1.54, 1.807) is 30.3 Å². The molecule has 0 radical (unpaired) electrons. The Labute approximate surface area is 166 Å². The molecule has 1 heterocycles. The van der Waals surface area contributed by atoms with Crippen LogP contribution >= 0.6 is 0 Å². The number of nitrogens with zero attached hydrogens (tertiary/aromatic N) is 1. The van der Waals surface area contributed by atoms with E-state index in [-0.39, 0.29) is 0 Å². The second kappa shape index (κ2) is 6.79. The van der Waals surface area contributed by atoms with E-state index in [1.807, 2.05) is 12.1 Å². The number of nitrogens with one attached hydrogen (secondary N) is 1. The van der Waals surface area contributed by atoms with E-state index >= 15 is 0 Å². The number of hydrogen-bond donors (Lipinski definition) is 1. The highest BCUT2D eigenvalue weighted by Crippen LogP contribution is 2.33. The number of benzene rings is 3. The minimum absolute atomic E-state index is 0.402. The van der Waals surface area contributed by atoms with Gasteiger partial charge in [-0.3, -0.25) is 9.69 Å². The normalized spacial score (nSPS) is 18.9. The van der Waals surface area contributed by atoms with Gasteiger partial charge in [-0.2, -0.15) is 0 Å². The molecule has 1 fully saturated rings. The van der Waals surface area contributed by atoms with Crippen LogP contribution in [0.15, 0.2) is 42.5 Å². The first kappa shape index (κ1) is 19.8. The average molecular weight is 420 g/mol. The van der Waals surface area contributed by atoms with Gasteiger partial charge in [0.2, 0.25) is 5.82 Å². The van der Waals surface area contributed by atoms with Gasteiger partial charge in [-0.05, 0) is 29.3 Å². The lowest BCUT2D eigenvalue weighted by Crippen LogP contribution is -2.40. The molecule has 0 saturated carbocycles. The van der Waals surface area contributed by atoms with Crippen molar-refractivity contribution >= 4 is 22.7 Å². The van der Waals surface area contributed by atoms with Crippen molar-refractivity contribution in [2.45, 2.75) is 19.0 Å². The first-order chi connectivity index (χ1) is 14.1. The molecule has 3 aromatic carbocycles. The molecule has 1 aliphatic rings. The lowest BCUT2D eigenvalue weighted by molar-refractivity contribution is -0.131. The van der Waals surface area contributed by atoms with E-state index in [9.17, 15) is 31.5 Å². The molecule has 1 unspecified atom stereocenters. The zero-order valence-corrected chi connectivity index (χ0v) is 15.4. The van der Waals surface area contributed by atoms with Gasteiger partial charge in [0.1, 0.15) is 5.54 Å². The first-order valence-corrected chi connectivity index (χ1v) is 8.79. The van der Waals surface area contributed by atoms with Crippen LogP contribution in [0.2, 0.25) is 0 Å². The van der Waals surface area contributed by atoms with Crippen LogP contribution in [-0.2, 0) is 16.9 Å². The molecule has 0 aliphatic carbocycles. The van der Waals surface area contributed by atoms with E-state index in [4.69, 9.17) is 0 Å². The lowest BCUT2D eigenvalue weighted by Gasteiger charge is -2.23. The fourth-order valence-corrected chi connectivity index (χ4v) is 3.48. The van der Waals surface area contributed by atoms with Crippen molar-refractivity contribution in [3.63, 3.8) is 0 Å². The van der Waals surface area contributed by atoms with Gasteiger partial charge in [-0.15, -0.1) is 0 Å². The van der Waals surface area contributed by atoms with E-state index in [2.05, 4.69) is 5.32 Å². The molecule has 0 spiro atoms. The topological polar surface area (TPSA) is 49.4 Å². The Balaban J connectivity index is 1.73. The van der Waals surface area contributed by atoms with Gasteiger partial charge >= 0.3 is 6.03 Å². The summed E-state index contributed by atoms with van der Waals surface area (Å²) in [5, 5.41) is 4.12. The molecule has 1 atom stereocenters. The Morgan fingerprint density at radius 3 is 2.03 bits per heavy atom. The first-order valence-electron chi connectivity index (χ1n) is 8.79. The largest absolute Gasteiger partial charge is 0.325 e. The van der Waals surface area contributed by atoms with Gasteiger partial charge in [0.05, 0.1) is 6.54 Å². The second-order valence-electron chi connectivity index (χ2n) is 7.06. The summed E-state index contributed by atoms with van der Waals surface area (Å²) in [7, 11) is 0. The van der Waals surface area contributed by atoms with Crippen LogP contribution in [0.4, 0.5) is 26.7 Å². The third kappa shape index (κ3) is 2.80. The SMILES string of the molecule is CC1(c2ccc3ccccc3c2)NC(=O)N(Cc2c(F)c(F)c(F)c(F)c2F)C1=O. The Morgan fingerprint density at radius 1 is 0.833 bits per heavy atom. The van der Waals surface area contributed by atoms with Gasteiger partial charge in [0.15, 0.2) is 23.3 Å². The molecule has 4 nitrogen and oxygen atoms in total. The number of urea groups is 1. The third-order valence-electron chi connectivity index (χ3n) is 5.22. The van der Waals surface area contributed by atoms with Gasteiger partial charge in [-0.1, -0.05) is 36.4 Å². The summed E-state index contributed by atoms with van der Waals surface area (Å²) in [6.07, 6.45) is 0. The maximum atomic E-state index is 14.0. The van der Waals surface area contributed by atoms with Gasteiger partial charge in [0.25, 0.3) is 5.91 Å². The quantitative estimate of drug-likeness (QED) is 0.294. The van der Waals surface area contributed by atoms with Gasteiger partial charge in [0, 0.05) is 5.56 Å². The van der Waals surface area contributed by atoms with Crippen LogP contribution in [0.3, 0.4) is 0 Å². The number of rotatable bonds is 3. The van der Waals surface area contributed by atoms with Crippen molar-refractivity contribution in [3.05, 3.63) is 82.7 Å². The molecule has 30 heavy (non-hydrogen) atoms. The Kier molecular flexibility index (Phi) is 4.48. The minimum Gasteiger partial charge on any atom is -0.319 e. The monoisotopic (exact) mass is 420 g/mol. The van der Waals surface area contributed by atoms with Crippen molar-refractivity contribution in [2.24, 2.45) is 0 Å². The summed E-state index contributed by atoms with van der Waals surface area (Å²) in [6, 6.07) is 11.3. The van der Waals surface area contributed by atoms with Crippen molar-refractivity contribution in [1.29, 1.82) is 0 Å². The molecule has 1 aliphatic heterocycles. The summed E-state index contributed by atoms with van der Waals surface area (Å²) in [5.41, 5.74) is -2.44. The molecule has 3 amide bonds. The van der Waals surface area contributed by atoms with Crippen LogP contribution in [0, 0.1) is 29.1 Å². The molecule has 1 saturated heterocycles. The van der Waals surface area contributed by atoms with E-state index in [1.165, 1.54) is 6.92 Å². The lowest BCUT2D eigenvalue weighted by atomic mass is 9.90. The molecular formula is C21H13F5N2O2. The van der Waals surface area contributed by atoms with Gasteiger partial charge < -0.3 is 5.32 Å². The molecule has 1 N–H and O–H groups in total. The smallest absolute Gasteiger partial charge is 0.319 e. The van der Waals surface area contributed by atoms with Crippen LogP contribution in [-0.4, -0.2) is 16.8 Å². The maximum absolute atomic E-state index is 14.0. The zero-order valence-electron chi connectivity index (χ0n) is 15.4. The Morgan fingerprint density at radius 2 is 1.40 bits per heavy atom. The number of carbonyl (C=O) groups excluding carboxylic acids is 2. The standard InChI is InChI=1S/C21H13F5N2O2/c1-21(12-7-6-10-4-2-3-5-11(10)8-12)19(29)28(20(30)27-21)9-13-14(22)16(24)18(26)17(25)15(13)23/h2-8H,9H2,1H3,(H,27,30). The summed E-state index contributed by atoms with van der Waals surface area (Å²) in [4.78, 5) is 25.8. The summed E-state index contributed by atoms with van der Waals surface area (Å²) >= 11 is 0. The summed E-state index contributed by atoms with van der Waals surface area (Å²) < 4.78 is 68.2. The number of imide groups is 1. The fourth-order valence-electron chi connectivity index (χ4n) is 3.48. The number of hydrogen-bond acceptors (Lipinski definition) is 2. The number of amides is 3. The van der Waals surface area contributed by atoms with Crippen molar-refractivity contribution in [3.8, 4) is 0 Å². The molecular weight excluding hydrogens is 407 g/mol. The second-order valence-corrected chi connectivity index (χ2v) is 7.06. The number of carbonyl (C=O) groups is 2. The molecule has 0 bridgehead atoms. The predicted octanol–water partition coefficient (Wildman–Crippen LogP) is 4.50. The fraction of sp³-hybridized carbons (Fsp3) is 0.143. The molecule has 0 aromatic heterocycles. The Hall–Kier alpha value is -3.49. The maximum Gasteiger partial charge on any atom is 0.325 e. The van der Waals surface area contributed by atoms with Crippen molar-refractivity contribution < 1.29 is 31.5 Å².